The topological polar surface area (TPSA) is 21.3 Å². The Kier molecular flexibility index (Phi) is 2.70. The highest BCUT2D eigenvalue weighted by atomic mass is 19.4. The molecule has 2 aliphatic heterocycles. The zero-order valence-electron chi connectivity index (χ0n) is 7.81. The Morgan fingerprint density at radius 1 is 1.14 bits per heavy atom. The Hall–Kier alpha value is -0.290. The number of ether oxygens (including phenoxy) is 1. The highest BCUT2D eigenvalue weighted by molar-refractivity contribution is 4.92. The minimum atomic E-state index is -4.19. The molecule has 2 saturated heterocycles. The van der Waals surface area contributed by atoms with Crippen molar-refractivity contribution in [3.05, 3.63) is 0 Å². The molecule has 2 atom stereocenters. The van der Waals surface area contributed by atoms with Gasteiger partial charge in [-0.1, -0.05) is 0 Å². The minimum Gasteiger partial charge on any atom is -0.369 e. The smallest absolute Gasteiger partial charge is 0.369 e. The van der Waals surface area contributed by atoms with Crippen LogP contribution in [0.3, 0.4) is 0 Å². The molecule has 2 aliphatic rings. The Labute approximate surface area is 80.8 Å². The van der Waals surface area contributed by atoms with Crippen LogP contribution in [0.15, 0.2) is 0 Å². The van der Waals surface area contributed by atoms with Crippen LogP contribution < -0.4 is 5.32 Å². The number of alkyl halides is 3. The van der Waals surface area contributed by atoms with E-state index >= 15 is 0 Å². The zero-order chi connectivity index (χ0) is 10.2. The van der Waals surface area contributed by atoms with Gasteiger partial charge in [0.25, 0.3) is 0 Å². The lowest BCUT2D eigenvalue weighted by Gasteiger charge is -2.29. The van der Waals surface area contributed by atoms with Crippen LogP contribution in [0, 0.1) is 0 Å². The molecule has 82 valence electrons. The summed E-state index contributed by atoms with van der Waals surface area (Å²) in [5.74, 6) is 0. The van der Waals surface area contributed by atoms with Crippen LogP contribution in [-0.2, 0) is 4.74 Å². The first kappa shape index (κ1) is 10.2. The van der Waals surface area contributed by atoms with Gasteiger partial charge in [-0.2, -0.15) is 13.2 Å². The third-order valence-corrected chi connectivity index (χ3v) is 2.91. The largest absolute Gasteiger partial charge is 0.411 e. The first-order chi connectivity index (χ1) is 6.53. The Morgan fingerprint density at radius 3 is 2.21 bits per heavy atom. The molecule has 1 N–H and O–H groups in total. The fourth-order valence-corrected chi connectivity index (χ4v) is 2.35. The van der Waals surface area contributed by atoms with Crippen molar-refractivity contribution in [1.82, 2.24) is 5.32 Å². The van der Waals surface area contributed by atoms with E-state index in [1.807, 2.05) is 0 Å². The predicted molar refractivity (Wildman–Crippen MR) is 45.0 cm³/mol. The summed E-state index contributed by atoms with van der Waals surface area (Å²) in [6.07, 6.45) is -0.772. The van der Waals surface area contributed by atoms with E-state index in [2.05, 4.69) is 5.32 Å². The molecule has 2 rings (SSSR count). The van der Waals surface area contributed by atoms with Gasteiger partial charge in [0.15, 0.2) is 0 Å². The molecule has 0 aromatic rings. The Bertz CT molecular complexity index is 195. The van der Waals surface area contributed by atoms with Gasteiger partial charge in [-0.15, -0.1) is 0 Å². The lowest BCUT2D eigenvalue weighted by atomic mass is 10.0. The average molecular weight is 209 g/mol. The molecule has 2 bridgehead atoms. The maximum Gasteiger partial charge on any atom is 0.411 e. The van der Waals surface area contributed by atoms with Crippen molar-refractivity contribution >= 4 is 0 Å². The fourth-order valence-electron chi connectivity index (χ4n) is 2.35. The van der Waals surface area contributed by atoms with Crippen LogP contribution in [0.4, 0.5) is 13.2 Å². The summed E-state index contributed by atoms with van der Waals surface area (Å²) in [5.41, 5.74) is 0. The van der Waals surface area contributed by atoms with Gasteiger partial charge in [-0.25, -0.2) is 0 Å². The molecular formula is C9H14F3NO. The minimum absolute atomic E-state index is 0.199. The maximum absolute atomic E-state index is 11.9. The van der Waals surface area contributed by atoms with Crippen molar-refractivity contribution in [2.45, 2.75) is 50.0 Å². The molecule has 0 aliphatic carbocycles. The van der Waals surface area contributed by atoms with Gasteiger partial charge in [-0.05, 0) is 25.7 Å². The molecule has 14 heavy (non-hydrogen) atoms. The number of halogens is 3. The standard InChI is InChI=1S/C9H14F3NO/c10-9(11,12)5-14-8-3-6-1-2-7(4-8)13-6/h6-8,13H,1-5H2. The van der Waals surface area contributed by atoms with E-state index in [-0.39, 0.29) is 6.10 Å². The number of rotatable bonds is 2. The van der Waals surface area contributed by atoms with Crippen LogP contribution >= 0.6 is 0 Å². The summed E-state index contributed by atoms with van der Waals surface area (Å²) in [7, 11) is 0. The second kappa shape index (κ2) is 3.70. The van der Waals surface area contributed by atoms with Crippen molar-refractivity contribution in [3.8, 4) is 0 Å². The van der Waals surface area contributed by atoms with E-state index in [0.717, 1.165) is 25.7 Å². The lowest BCUT2D eigenvalue weighted by Crippen LogP contribution is -2.42. The summed E-state index contributed by atoms with van der Waals surface area (Å²) in [4.78, 5) is 0. The molecule has 0 radical (unpaired) electrons. The maximum atomic E-state index is 11.9. The van der Waals surface area contributed by atoms with Gasteiger partial charge in [0.2, 0.25) is 0 Å². The first-order valence-corrected chi connectivity index (χ1v) is 4.97. The van der Waals surface area contributed by atoms with Crippen LogP contribution in [0.1, 0.15) is 25.7 Å². The number of nitrogens with one attached hydrogen (secondary N) is 1. The summed E-state index contributed by atoms with van der Waals surface area (Å²) in [6, 6.07) is 0.763. The Morgan fingerprint density at radius 2 is 1.71 bits per heavy atom. The summed E-state index contributed by atoms with van der Waals surface area (Å²) >= 11 is 0. The summed E-state index contributed by atoms with van der Waals surface area (Å²) in [6.45, 7) is -1.10. The van der Waals surface area contributed by atoms with Crippen LogP contribution in [0.2, 0.25) is 0 Å². The van der Waals surface area contributed by atoms with Crippen molar-refractivity contribution in [1.29, 1.82) is 0 Å². The van der Waals surface area contributed by atoms with Gasteiger partial charge in [0.05, 0.1) is 6.10 Å². The van der Waals surface area contributed by atoms with E-state index in [9.17, 15) is 13.2 Å². The van der Waals surface area contributed by atoms with Crippen molar-refractivity contribution in [2.24, 2.45) is 0 Å². The van der Waals surface area contributed by atoms with Gasteiger partial charge in [-0.3, -0.25) is 0 Å². The summed E-state index contributed by atoms with van der Waals surface area (Å²) < 4.78 is 40.5. The van der Waals surface area contributed by atoms with E-state index in [1.54, 1.807) is 0 Å². The highest BCUT2D eigenvalue weighted by Gasteiger charge is 2.36. The van der Waals surface area contributed by atoms with Gasteiger partial charge in [0.1, 0.15) is 6.61 Å². The number of piperidine rings is 1. The van der Waals surface area contributed by atoms with Crippen LogP contribution in [0.5, 0.6) is 0 Å². The van der Waals surface area contributed by atoms with E-state index in [4.69, 9.17) is 4.74 Å². The third kappa shape index (κ3) is 2.60. The predicted octanol–water partition coefficient (Wildman–Crippen LogP) is 1.85. The average Bonchev–Trinajstić information content (AvgIpc) is 2.41. The SMILES string of the molecule is FC(F)(F)COC1CC2CCC(C1)N2. The molecular weight excluding hydrogens is 195 g/mol. The quantitative estimate of drug-likeness (QED) is 0.749. The van der Waals surface area contributed by atoms with Crippen LogP contribution in [0.25, 0.3) is 0 Å². The zero-order valence-corrected chi connectivity index (χ0v) is 7.81. The molecule has 0 aromatic heterocycles. The normalized spacial score (nSPS) is 37.5. The van der Waals surface area contributed by atoms with Crippen molar-refractivity contribution in [3.63, 3.8) is 0 Å². The van der Waals surface area contributed by atoms with Gasteiger partial charge >= 0.3 is 6.18 Å². The second-order valence-corrected chi connectivity index (χ2v) is 4.16. The van der Waals surface area contributed by atoms with E-state index in [0.29, 0.717) is 12.1 Å². The molecule has 0 aromatic carbocycles. The molecule has 0 spiro atoms. The highest BCUT2D eigenvalue weighted by Crippen LogP contribution is 2.29. The fraction of sp³-hybridized carbons (Fsp3) is 1.00. The molecule has 5 heteroatoms. The van der Waals surface area contributed by atoms with E-state index < -0.39 is 12.8 Å². The number of hydrogen-bond acceptors (Lipinski definition) is 2. The molecule has 0 amide bonds. The lowest BCUT2D eigenvalue weighted by molar-refractivity contribution is -0.188. The monoisotopic (exact) mass is 209 g/mol. The number of hydrogen-bond donors (Lipinski definition) is 1. The first-order valence-electron chi connectivity index (χ1n) is 4.97. The third-order valence-electron chi connectivity index (χ3n) is 2.91. The van der Waals surface area contributed by atoms with E-state index in [1.165, 1.54) is 0 Å². The molecule has 2 fully saturated rings. The molecule has 2 nitrogen and oxygen atoms in total. The number of fused-ring (bicyclic) bond motifs is 2. The second-order valence-electron chi connectivity index (χ2n) is 4.16. The van der Waals surface area contributed by atoms with Gasteiger partial charge < -0.3 is 10.1 Å². The van der Waals surface area contributed by atoms with Crippen LogP contribution in [-0.4, -0.2) is 31.0 Å². The molecule has 2 unspecified atom stereocenters. The van der Waals surface area contributed by atoms with Crippen molar-refractivity contribution in [2.75, 3.05) is 6.61 Å². The van der Waals surface area contributed by atoms with Gasteiger partial charge in [0, 0.05) is 12.1 Å². The summed E-state index contributed by atoms with van der Waals surface area (Å²) in [5, 5.41) is 3.36. The molecule has 0 saturated carbocycles. The van der Waals surface area contributed by atoms with Crippen molar-refractivity contribution < 1.29 is 17.9 Å². The molecule has 2 heterocycles. The Balaban J connectivity index is 1.77.